The Balaban J connectivity index is 1.07. The molecule has 3 aromatic rings. The number of fused-ring (bicyclic) bond motifs is 1. The summed E-state index contributed by atoms with van der Waals surface area (Å²) in [6.45, 7) is 5.92. The maximum atomic E-state index is 12.6. The van der Waals surface area contributed by atoms with Crippen LogP contribution >= 0.6 is 0 Å². The minimum atomic E-state index is -4.47. The van der Waals surface area contributed by atoms with E-state index in [4.69, 9.17) is 4.74 Å². The fraction of sp³-hybridized carbons (Fsp3) is 0.385. The van der Waals surface area contributed by atoms with Gasteiger partial charge in [-0.2, -0.15) is 13.2 Å². The Hall–Kier alpha value is -3.89. The Morgan fingerprint density at radius 3 is 2.24 bits per heavy atom. The van der Waals surface area contributed by atoms with Gasteiger partial charge in [-0.15, -0.1) is 10.2 Å². The van der Waals surface area contributed by atoms with Crippen molar-refractivity contribution >= 4 is 17.4 Å². The lowest BCUT2D eigenvalue weighted by atomic mass is 10.0. The van der Waals surface area contributed by atoms with Crippen LogP contribution < -0.4 is 15.0 Å². The van der Waals surface area contributed by atoms with E-state index in [0.29, 0.717) is 29.8 Å². The number of halogens is 3. The molecule has 1 N–H and O–H groups in total. The monoisotopic (exact) mass is 512 g/mol. The second kappa shape index (κ2) is 10.2. The third kappa shape index (κ3) is 5.92. The van der Waals surface area contributed by atoms with E-state index in [9.17, 15) is 18.0 Å². The van der Waals surface area contributed by atoms with Crippen molar-refractivity contribution < 1.29 is 22.7 Å². The Morgan fingerprint density at radius 2 is 1.68 bits per heavy atom. The lowest BCUT2D eigenvalue weighted by molar-refractivity contribution is -0.141. The fourth-order valence-corrected chi connectivity index (χ4v) is 4.80. The van der Waals surface area contributed by atoms with Crippen molar-refractivity contribution in [3.05, 3.63) is 71.5 Å². The second-order valence-electron chi connectivity index (χ2n) is 9.46. The first-order valence-corrected chi connectivity index (χ1v) is 12.1. The highest BCUT2D eigenvalue weighted by molar-refractivity contribution is 5.73. The number of nitrogens with zero attached hydrogens (tertiary/aromatic N) is 5. The van der Waals surface area contributed by atoms with Gasteiger partial charge in [-0.3, -0.25) is 9.78 Å². The van der Waals surface area contributed by atoms with Crippen LogP contribution in [-0.2, 0) is 24.1 Å². The van der Waals surface area contributed by atoms with E-state index in [1.165, 1.54) is 11.8 Å². The van der Waals surface area contributed by atoms with Gasteiger partial charge in [0.25, 0.3) is 0 Å². The number of benzene rings is 1. The summed E-state index contributed by atoms with van der Waals surface area (Å²) >= 11 is 0. The molecule has 0 saturated carbocycles. The largest absolute Gasteiger partial charge is 0.472 e. The Labute approximate surface area is 212 Å². The molecule has 194 valence electrons. The molecule has 2 aliphatic rings. The number of aromatic nitrogens is 3. The van der Waals surface area contributed by atoms with E-state index in [0.717, 1.165) is 44.0 Å². The molecule has 37 heavy (non-hydrogen) atoms. The summed E-state index contributed by atoms with van der Waals surface area (Å²) in [5, 5.41) is 11.3. The normalized spacial score (nSPS) is 19.1. The molecule has 0 spiro atoms. The highest BCUT2D eigenvalue weighted by Crippen LogP contribution is 2.34. The van der Waals surface area contributed by atoms with E-state index in [-0.39, 0.29) is 18.4 Å². The Kier molecular flexibility index (Phi) is 6.86. The van der Waals surface area contributed by atoms with Crippen molar-refractivity contribution in [2.75, 3.05) is 36.4 Å². The second-order valence-corrected chi connectivity index (χ2v) is 9.46. The van der Waals surface area contributed by atoms with E-state index in [1.807, 2.05) is 4.90 Å². The van der Waals surface area contributed by atoms with Crippen LogP contribution in [0.1, 0.15) is 23.7 Å². The highest BCUT2D eigenvalue weighted by atomic mass is 19.4. The number of nitrogens with one attached hydrogen (secondary N) is 1. The topological polar surface area (TPSA) is 83.5 Å². The summed E-state index contributed by atoms with van der Waals surface area (Å²) in [5.74, 6) is 2.09. The van der Waals surface area contributed by atoms with Crippen molar-refractivity contribution in [2.45, 2.75) is 26.3 Å². The van der Waals surface area contributed by atoms with Gasteiger partial charge in [0.15, 0.2) is 0 Å². The first-order chi connectivity index (χ1) is 17.7. The Morgan fingerprint density at radius 1 is 0.973 bits per heavy atom. The van der Waals surface area contributed by atoms with Gasteiger partial charge >= 0.3 is 6.18 Å². The third-order valence-electron chi connectivity index (χ3n) is 6.85. The van der Waals surface area contributed by atoms with Crippen molar-refractivity contribution in [3.63, 3.8) is 0 Å². The summed E-state index contributed by atoms with van der Waals surface area (Å²) < 4.78 is 43.3. The molecule has 2 aromatic heterocycles. The lowest BCUT2D eigenvalue weighted by Gasteiger charge is -2.22. The van der Waals surface area contributed by atoms with Crippen LogP contribution in [0.4, 0.5) is 24.7 Å². The highest BCUT2D eigenvalue weighted by Gasteiger charge is 2.40. The van der Waals surface area contributed by atoms with Crippen LogP contribution in [0.2, 0.25) is 0 Å². The van der Waals surface area contributed by atoms with Crippen LogP contribution in [0, 0.1) is 11.8 Å². The quantitative estimate of drug-likeness (QED) is 0.513. The SMILES string of the molecule is CC(=O)N1C[C@@H]2CN(c3ccc(CNc4ccc(OCc5ccc(C(F)(F)F)nc5)nn4)cc3)C[C@@H]2C1. The van der Waals surface area contributed by atoms with Gasteiger partial charge in [0.2, 0.25) is 11.8 Å². The zero-order chi connectivity index (χ0) is 26.0. The van der Waals surface area contributed by atoms with Crippen LogP contribution in [0.15, 0.2) is 54.7 Å². The number of amides is 1. The number of likely N-dealkylation sites (tertiary alicyclic amines) is 1. The van der Waals surface area contributed by atoms with Gasteiger partial charge in [0.05, 0.1) is 0 Å². The van der Waals surface area contributed by atoms with Gasteiger partial charge in [-0.25, -0.2) is 0 Å². The fourth-order valence-electron chi connectivity index (χ4n) is 4.80. The summed E-state index contributed by atoms with van der Waals surface area (Å²) in [6, 6.07) is 14.0. The number of carbonyl (C=O) groups is 1. The molecule has 0 bridgehead atoms. The summed E-state index contributed by atoms with van der Waals surface area (Å²) in [7, 11) is 0. The number of hydrogen-bond acceptors (Lipinski definition) is 7. The zero-order valence-electron chi connectivity index (χ0n) is 20.3. The first kappa shape index (κ1) is 24.8. The van der Waals surface area contributed by atoms with Crippen molar-refractivity contribution in [2.24, 2.45) is 11.8 Å². The Bertz CT molecular complexity index is 1210. The van der Waals surface area contributed by atoms with Crippen LogP contribution in [0.5, 0.6) is 5.88 Å². The molecule has 1 aromatic carbocycles. The molecule has 11 heteroatoms. The molecule has 2 fully saturated rings. The van der Waals surface area contributed by atoms with Crippen molar-refractivity contribution in [1.82, 2.24) is 20.1 Å². The minimum absolute atomic E-state index is 0.0342. The third-order valence-corrected chi connectivity index (χ3v) is 6.85. The first-order valence-electron chi connectivity index (χ1n) is 12.1. The summed E-state index contributed by atoms with van der Waals surface area (Å²) in [4.78, 5) is 19.4. The molecule has 8 nitrogen and oxygen atoms in total. The molecular weight excluding hydrogens is 485 g/mol. The van der Waals surface area contributed by atoms with Crippen LogP contribution in [-0.4, -0.2) is 52.2 Å². The molecule has 2 saturated heterocycles. The molecule has 1 amide bonds. The van der Waals surface area contributed by atoms with E-state index in [2.05, 4.69) is 49.7 Å². The van der Waals surface area contributed by atoms with Gasteiger partial charge in [-0.05, 0) is 29.8 Å². The number of rotatable bonds is 7. The molecule has 5 rings (SSSR count). The lowest BCUT2D eigenvalue weighted by Crippen LogP contribution is -2.31. The number of pyridine rings is 1. The van der Waals surface area contributed by atoms with Crippen molar-refractivity contribution in [1.29, 1.82) is 0 Å². The number of anilines is 2. The average Bonchev–Trinajstić information content (AvgIpc) is 3.47. The molecule has 0 unspecified atom stereocenters. The van der Waals surface area contributed by atoms with Gasteiger partial charge in [-0.1, -0.05) is 18.2 Å². The number of ether oxygens (including phenoxy) is 1. The molecule has 2 atom stereocenters. The number of alkyl halides is 3. The van der Waals surface area contributed by atoms with E-state index >= 15 is 0 Å². The maximum Gasteiger partial charge on any atom is 0.433 e. The number of carbonyl (C=O) groups excluding carboxylic acids is 1. The standard InChI is InChI=1S/C26H27F3N6O2/c1-17(36)34-12-20-14-35(15-21(20)13-34)22-5-2-18(3-6-22)10-31-24-8-9-25(33-32-24)37-16-19-4-7-23(30-11-19)26(27,28)29/h2-9,11,20-21H,10,12-16H2,1H3,(H,31,32)/t20-,21+. The van der Waals surface area contributed by atoms with E-state index in [1.54, 1.807) is 19.1 Å². The predicted octanol–water partition coefficient (Wildman–Crippen LogP) is 4.00. The van der Waals surface area contributed by atoms with E-state index < -0.39 is 11.9 Å². The maximum absolute atomic E-state index is 12.6. The molecule has 0 radical (unpaired) electrons. The molecule has 0 aliphatic carbocycles. The summed E-state index contributed by atoms with van der Waals surface area (Å²) in [5.41, 5.74) is 1.84. The smallest absolute Gasteiger partial charge is 0.433 e. The minimum Gasteiger partial charge on any atom is -0.472 e. The van der Waals surface area contributed by atoms with Crippen molar-refractivity contribution in [3.8, 4) is 5.88 Å². The van der Waals surface area contributed by atoms with Gasteiger partial charge in [0.1, 0.15) is 18.1 Å². The van der Waals surface area contributed by atoms with Crippen LogP contribution in [0.25, 0.3) is 0 Å². The average molecular weight is 513 g/mol. The predicted molar refractivity (Wildman–Crippen MR) is 131 cm³/mol. The number of hydrogen-bond donors (Lipinski definition) is 1. The van der Waals surface area contributed by atoms with Gasteiger partial charge < -0.3 is 19.9 Å². The molecule has 2 aliphatic heterocycles. The zero-order valence-corrected chi connectivity index (χ0v) is 20.3. The molecule has 4 heterocycles. The summed E-state index contributed by atoms with van der Waals surface area (Å²) in [6.07, 6.45) is -3.33. The van der Waals surface area contributed by atoms with Crippen LogP contribution in [0.3, 0.4) is 0 Å². The molecular formula is C26H27F3N6O2. The van der Waals surface area contributed by atoms with Gasteiger partial charge in [0, 0.05) is 75.0 Å².